The zero-order chi connectivity index (χ0) is 34.8. The van der Waals surface area contributed by atoms with Crippen molar-refractivity contribution in [3.63, 3.8) is 0 Å². The summed E-state index contributed by atoms with van der Waals surface area (Å²) in [4.78, 5) is 48.3. The molecule has 0 aliphatic carbocycles. The zero-order valence-electron chi connectivity index (χ0n) is 27.5. The highest BCUT2D eigenvalue weighted by atomic mass is 32.2. The van der Waals surface area contributed by atoms with Crippen molar-refractivity contribution >= 4 is 33.4 Å². The molecule has 0 radical (unpaired) electrons. The van der Waals surface area contributed by atoms with Crippen LogP contribution in [-0.4, -0.2) is 78.3 Å². The second-order valence-corrected chi connectivity index (χ2v) is 14.9. The Bertz CT molecular complexity index is 1440. The van der Waals surface area contributed by atoms with Gasteiger partial charge in [0, 0.05) is 31.1 Å². The monoisotopic (exact) mass is 661 g/mol. The molecular formula is C32H47N5O8S. The Kier molecular flexibility index (Phi) is 13.8. The van der Waals surface area contributed by atoms with Gasteiger partial charge in [-0.05, 0) is 35.4 Å². The van der Waals surface area contributed by atoms with Gasteiger partial charge in [-0.2, -0.15) is 4.31 Å². The molecule has 0 aliphatic rings. The van der Waals surface area contributed by atoms with E-state index in [1.165, 1.54) is 4.31 Å². The van der Waals surface area contributed by atoms with E-state index in [0.29, 0.717) is 0 Å². The van der Waals surface area contributed by atoms with Crippen molar-refractivity contribution in [2.24, 2.45) is 17.3 Å². The third-order valence-corrected chi connectivity index (χ3v) is 9.07. The number of hydrogen-bond donors (Lipinski definition) is 4. The molecule has 0 bridgehead atoms. The second-order valence-electron chi connectivity index (χ2n) is 13.0. The first-order valence-corrected chi connectivity index (χ1v) is 16.6. The lowest BCUT2D eigenvalue weighted by Crippen LogP contribution is -2.58. The maximum absolute atomic E-state index is 14.0. The first-order valence-electron chi connectivity index (χ1n) is 15.2. The van der Waals surface area contributed by atoms with Gasteiger partial charge in [-0.1, -0.05) is 78.8 Å². The third-order valence-electron chi connectivity index (χ3n) is 7.17. The Morgan fingerprint density at radius 1 is 0.935 bits per heavy atom. The number of carbonyl (C=O) groups is 3. The molecule has 3 atom stereocenters. The van der Waals surface area contributed by atoms with Crippen LogP contribution in [0.3, 0.4) is 0 Å². The number of benzene rings is 2. The van der Waals surface area contributed by atoms with Gasteiger partial charge in [0.1, 0.15) is 6.04 Å². The van der Waals surface area contributed by atoms with E-state index < -0.39 is 50.4 Å². The number of non-ortho nitro benzene ring substituents is 1. The average molecular weight is 662 g/mol. The summed E-state index contributed by atoms with van der Waals surface area (Å²) >= 11 is 0. The van der Waals surface area contributed by atoms with E-state index in [4.69, 9.17) is 0 Å². The summed E-state index contributed by atoms with van der Waals surface area (Å²) in [5, 5.41) is 30.5. The van der Waals surface area contributed by atoms with Gasteiger partial charge in [-0.25, -0.2) is 8.42 Å². The summed E-state index contributed by atoms with van der Waals surface area (Å²) in [5.41, 5.74) is -0.270. The lowest BCUT2D eigenvalue weighted by Gasteiger charge is -2.36. The maximum Gasteiger partial charge on any atom is 0.269 e. The molecule has 13 nitrogen and oxygen atoms in total. The number of nitrogens with one attached hydrogen (secondary N) is 3. The molecule has 0 spiro atoms. The first kappa shape index (κ1) is 38.3. The van der Waals surface area contributed by atoms with Gasteiger partial charge in [-0.3, -0.25) is 24.5 Å². The van der Waals surface area contributed by atoms with Crippen LogP contribution in [0.5, 0.6) is 0 Å². The van der Waals surface area contributed by atoms with Crippen molar-refractivity contribution < 1.29 is 32.8 Å². The molecule has 0 aliphatic heterocycles. The quantitative estimate of drug-likeness (QED) is 0.156. The summed E-state index contributed by atoms with van der Waals surface area (Å²) in [7, 11) is -4.27. The Labute approximate surface area is 271 Å². The molecular weight excluding hydrogens is 614 g/mol. The van der Waals surface area contributed by atoms with Gasteiger partial charge in [-0.15, -0.1) is 0 Å². The van der Waals surface area contributed by atoms with Gasteiger partial charge >= 0.3 is 0 Å². The standard InChI is InChI=1S/C32H47N5O8S/c1-21(2)20-36(46(44,45)25-15-13-24(14-16-25)37(42)43)26(17-23-11-9-8-10-12-23)27(38)18-33-31(41)29(32(5,6)7)35-28(39)19-34-30(40)22(3)4/h8-16,21-22,26-27,29,38H,17-20H2,1-7H3,(H,33,41)(H,34,40)(H,35,39). The van der Waals surface area contributed by atoms with Gasteiger partial charge in [0.15, 0.2) is 0 Å². The van der Waals surface area contributed by atoms with Crippen molar-refractivity contribution in [2.45, 2.75) is 78.0 Å². The van der Waals surface area contributed by atoms with Crippen LogP contribution in [0.25, 0.3) is 0 Å². The maximum atomic E-state index is 14.0. The Balaban J connectivity index is 2.38. The fourth-order valence-electron chi connectivity index (χ4n) is 4.63. The number of nitro benzene ring substituents is 1. The number of aliphatic hydroxyl groups is 1. The van der Waals surface area contributed by atoms with E-state index in [0.717, 1.165) is 29.8 Å². The molecule has 3 amide bonds. The molecule has 0 heterocycles. The lowest BCUT2D eigenvalue weighted by molar-refractivity contribution is -0.384. The Morgan fingerprint density at radius 2 is 1.52 bits per heavy atom. The summed E-state index contributed by atoms with van der Waals surface area (Å²) in [6.45, 7) is 11.6. The van der Waals surface area contributed by atoms with Crippen LogP contribution in [0.2, 0.25) is 0 Å². The average Bonchev–Trinajstić information content (AvgIpc) is 2.98. The minimum absolute atomic E-state index is 0.0185. The highest BCUT2D eigenvalue weighted by Gasteiger charge is 2.38. The third kappa shape index (κ3) is 11.2. The molecule has 0 fully saturated rings. The van der Waals surface area contributed by atoms with E-state index >= 15 is 0 Å². The van der Waals surface area contributed by atoms with Crippen LogP contribution in [0.15, 0.2) is 59.5 Å². The topological polar surface area (TPSA) is 188 Å². The summed E-state index contributed by atoms with van der Waals surface area (Å²) in [6, 6.07) is 11.5. The van der Waals surface area contributed by atoms with Gasteiger partial charge in [0.2, 0.25) is 27.7 Å². The van der Waals surface area contributed by atoms with Crippen molar-refractivity contribution in [3.8, 4) is 0 Å². The number of rotatable bonds is 16. The summed E-state index contributed by atoms with van der Waals surface area (Å²) in [5.74, 6) is -1.95. The minimum atomic E-state index is -4.27. The second kappa shape index (κ2) is 16.6. The van der Waals surface area contributed by atoms with Crippen LogP contribution < -0.4 is 16.0 Å². The molecule has 2 aromatic rings. The molecule has 4 N–H and O–H groups in total. The first-order chi connectivity index (χ1) is 21.3. The van der Waals surface area contributed by atoms with Crippen LogP contribution in [-0.2, 0) is 30.8 Å². The highest BCUT2D eigenvalue weighted by Crippen LogP contribution is 2.26. The number of sulfonamides is 1. The molecule has 46 heavy (non-hydrogen) atoms. The Hall–Kier alpha value is -3.88. The number of amides is 3. The number of nitrogens with zero attached hydrogens (tertiary/aromatic N) is 2. The predicted octanol–water partition coefficient (Wildman–Crippen LogP) is 2.63. The number of hydrogen-bond acceptors (Lipinski definition) is 8. The lowest BCUT2D eigenvalue weighted by atomic mass is 9.86. The summed E-state index contributed by atoms with van der Waals surface area (Å²) < 4.78 is 29.2. The van der Waals surface area contributed by atoms with Crippen molar-refractivity contribution in [1.29, 1.82) is 0 Å². The minimum Gasteiger partial charge on any atom is -0.390 e. The molecule has 0 saturated carbocycles. The number of nitro groups is 1. The normalized spacial score (nSPS) is 14.1. The summed E-state index contributed by atoms with van der Waals surface area (Å²) in [6.07, 6.45) is -1.29. The van der Waals surface area contributed by atoms with Crippen LogP contribution in [0.4, 0.5) is 5.69 Å². The molecule has 0 saturated heterocycles. The van der Waals surface area contributed by atoms with Gasteiger partial charge in [0.05, 0.1) is 28.5 Å². The van der Waals surface area contributed by atoms with Crippen LogP contribution >= 0.6 is 0 Å². The zero-order valence-corrected chi connectivity index (χ0v) is 28.3. The van der Waals surface area contributed by atoms with E-state index in [-0.39, 0.29) is 54.4 Å². The van der Waals surface area contributed by atoms with Crippen LogP contribution in [0.1, 0.15) is 54.0 Å². The molecule has 14 heteroatoms. The fourth-order valence-corrected chi connectivity index (χ4v) is 6.45. The molecule has 254 valence electrons. The van der Waals surface area contributed by atoms with Crippen molar-refractivity contribution in [3.05, 3.63) is 70.3 Å². The van der Waals surface area contributed by atoms with Crippen LogP contribution in [0, 0.1) is 27.4 Å². The smallest absolute Gasteiger partial charge is 0.269 e. The number of carbonyl (C=O) groups excluding carboxylic acids is 3. The Morgan fingerprint density at radius 3 is 2.02 bits per heavy atom. The largest absolute Gasteiger partial charge is 0.390 e. The fraction of sp³-hybridized carbons (Fsp3) is 0.531. The van der Waals surface area contributed by atoms with Crippen molar-refractivity contribution in [2.75, 3.05) is 19.6 Å². The molecule has 2 rings (SSSR count). The van der Waals surface area contributed by atoms with Gasteiger partial charge < -0.3 is 21.1 Å². The van der Waals surface area contributed by atoms with Crippen molar-refractivity contribution in [1.82, 2.24) is 20.3 Å². The highest BCUT2D eigenvalue weighted by molar-refractivity contribution is 7.89. The van der Waals surface area contributed by atoms with E-state index in [9.17, 15) is 38.0 Å². The number of aliphatic hydroxyl groups excluding tert-OH is 1. The van der Waals surface area contributed by atoms with E-state index in [2.05, 4.69) is 16.0 Å². The SMILES string of the molecule is CC(C)CN(C(Cc1ccccc1)C(O)CNC(=O)C(NC(=O)CNC(=O)C(C)C)C(C)(C)C)S(=O)(=O)c1ccc([N+](=O)[O-])cc1. The van der Waals surface area contributed by atoms with E-state index in [1.807, 2.05) is 19.9 Å². The van der Waals surface area contributed by atoms with Gasteiger partial charge in [0.25, 0.3) is 5.69 Å². The molecule has 2 aromatic carbocycles. The predicted molar refractivity (Wildman–Crippen MR) is 174 cm³/mol. The molecule has 0 aromatic heterocycles. The van der Waals surface area contributed by atoms with E-state index in [1.54, 1.807) is 58.9 Å². The molecule has 3 unspecified atom stereocenters.